The van der Waals surface area contributed by atoms with Crippen LogP contribution in [0.5, 0.6) is 0 Å². The Morgan fingerprint density at radius 1 is 1.20 bits per heavy atom. The van der Waals surface area contributed by atoms with E-state index in [-0.39, 0.29) is 18.5 Å². The number of rotatable bonds is 7. The molecule has 1 aromatic carbocycles. The summed E-state index contributed by atoms with van der Waals surface area (Å²) in [7, 11) is 1.88. The fraction of sp³-hybridized carbons (Fsp3) is 0.500. The number of urea groups is 1. The first-order chi connectivity index (χ1) is 12.1. The lowest BCUT2D eigenvalue weighted by Gasteiger charge is -2.24. The zero-order valence-corrected chi connectivity index (χ0v) is 15.3. The molecule has 0 unspecified atom stereocenters. The summed E-state index contributed by atoms with van der Waals surface area (Å²) >= 11 is 0. The smallest absolute Gasteiger partial charge is 0.321 e. The first-order valence-corrected chi connectivity index (χ1v) is 9.07. The predicted octanol–water partition coefficient (Wildman–Crippen LogP) is 3.40. The Hall–Kier alpha value is -2.14. The van der Waals surface area contributed by atoms with Crippen molar-refractivity contribution >= 4 is 11.9 Å². The molecule has 2 N–H and O–H groups in total. The lowest BCUT2D eigenvalue weighted by molar-refractivity contribution is -0.121. The molecule has 0 aliphatic heterocycles. The Kier molecular flexibility index (Phi) is 7.67. The number of benzene rings is 1. The van der Waals surface area contributed by atoms with Gasteiger partial charge in [-0.25, -0.2) is 4.79 Å². The number of carbonyl (C=O) groups excluding carboxylic acids is 2. The van der Waals surface area contributed by atoms with Gasteiger partial charge in [-0.1, -0.05) is 42.0 Å². The second kappa shape index (κ2) is 9.99. The van der Waals surface area contributed by atoms with Gasteiger partial charge in [0.25, 0.3) is 0 Å². The van der Waals surface area contributed by atoms with Crippen LogP contribution in [0.3, 0.4) is 0 Å². The monoisotopic (exact) mass is 343 g/mol. The minimum atomic E-state index is -0.415. The molecule has 0 fully saturated rings. The number of nitrogens with zero attached hydrogens (tertiary/aromatic N) is 1. The molecule has 0 aromatic heterocycles. The minimum absolute atomic E-state index is 0.105. The van der Waals surface area contributed by atoms with Crippen molar-refractivity contribution in [1.82, 2.24) is 15.5 Å². The van der Waals surface area contributed by atoms with Gasteiger partial charge in [0.15, 0.2) is 0 Å². The van der Waals surface area contributed by atoms with Crippen LogP contribution in [0.1, 0.15) is 50.6 Å². The molecule has 25 heavy (non-hydrogen) atoms. The summed E-state index contributed by atoms with van der Waals surface area (Å²) in [5.41, 5.74) is 2.55. The Bertz CT molecular complexity index is 598. The van der Waals surface area contributed by atoms with E-state index >= 15 is 0 Å². The van der Waals surface area contributed by atoms with E-state index in [4.69, 9.17) is 0 Å². The maximum atomic E-state index is 12.0. The number of likely N-dealkylation sites (N-methyl/N-ethyl adjacent to an activating group) is 1. The average molecular weight is 343 g/mol. The average Bonchev–Trinajstić information content (AvgIpc) is 2.62. The van der Waals surface area contributed by atoms with Gasteiger partial charge < -0.3 is 5.32 Å². The first kappa shape index (κ1) is 19.2. The summed E-state index contributed by atoms with van der Waals surface area (Å²) in [6.07, 6.45) is 7.92. The van der Waals surface area contributed by atoms with Gasteiger partial charge in [0.05, 0.1) is 6.54 Å². The number of nitrogens with one attached hydrogen (secondary N) is 2. The van der Waals surface area contributed by atoms with Crippen LogP contribution in [0.25, 0.3) is 0 Å². The molecule has 0 radical (unpaired) electrons. The molecule has 0 saturated carbocycles. The lowest BCUT2D eigenvalue weighted by Crippen LogP contribution is -2.44. The van der Waals surface area contributed by atoms with Crippen LogP contribution in [-0.2, 0) is 4.79 Å². The summed E-state index contributed by atoms with van der Waals surface area (Å²) in [6.45, 7) is 2.79. The van der Waals surface area contributed by atoms with E-state index < -0.39 is 6.03 Å². The van der Waals surface area contributed by atoms with Crippen LogP contribution in [0.2, 0.25) is 0 Å². The van der Waals surface area contributed by atoms with E-state index in [2.05, 4.69) is 16.7 Å². The third-order valence-corrected chi connectivity index (χ3v) is 4.71. The number of carbonyl (C=O) groups is 2. The molecule has 5 nitrogen and oxygen atoms in total. The Labute approximate surface area is 150 Å². The summed E-state index contributed by atoms with van der Waals surface area (Å²) in [5, 5.41) is 5.17. The number of hydrogen-bond donors (Lipinski definition) is 2. The second-order valence-electron chi connectivity index (χ2n) is 6.66. The molecule has 1 aliphatic rings. The molecule has 0 bridgehead atoms. The van der Waals surface area contributed by atoms with E-state index in [0.717, 1.165) is 24.8 Å². The van der Waals surface area contributed by atoms with Gasteiger partial charge in [-0.15, -0.1) is 0 Å². The van der Waals surface area contributed by atoms with Crippen molar-refractivity contribution in [3.8, 4) is 0 Å². The number of imide groups is 1. The SMILES string of the molecule is C[C@H](c1ccccc1)N(C)CC(=O)NC(=O)NCCC1=CCCCC1. The normalized spacial score (nSPS) is 15.4. The topological polar surface area (TPSA) is 61.4 Å². The van der Waals surface area contributed by atoms with Crippen LogP contribution in [0.15, 0.2) is 42.0 Å². The van der Waals surface area contributed by atoms with Crippen molar-refractivity contribution in [1.29, 1.82) is 0 Å². The molecule has 1 aromatic rings. The van der Waals surface area contributed by atoms with Gasteiger partial charge in [-0.05, 0) is 51.6 Å². The highest BCUT2D eigenvalue weighted by Crippen LogP contribution is 2.19. The molecule has 2 rings (SSSR count). The van der Waals surface area contributed by atoms with Gasteiger partial charge in [-0.2, -0.15) is 0 Å². The zero-order chi connectivity index (χ0) is 18.1. The maximum absolute atomic E-state index is 12.0. The fourth-order valence-corrected chi connectivity index (χ4v) is 3.03. The van der Waals surface area contributed by atoms with Crippen molar-refractivity contribution in [3.05, 3.63) is 47.5 Å². The molecular weight excluding hydrogens is 314 g/mol. The van der Waals surface area contributed by atoms with E-state index in [1.165, 1.54) is 18.4 Å². The lowest BCUT2D eigenvalue weighted by atomic mass is 9.97. The predicted molar refractivity (Wildman–Crippen MR) is 100 cm³/mol. The Morgan fingerprint density at radius 2 is 1.96 bits per heavy atom. The quantitative estimate of drug-likeness (QED) is 0.746. The van der Waals surface area contributed by atoms with E-state index in [1.54, 1.807) is 0 Å². The zero-order valence-electron chi connectivity index (χ0n) is 15.3. The van der Waals surface area contributed by atoms with Crippen LogP contribution < -0.4 is 10.6 Å². The summed E-state index contributed by atoms with van der Waals surface area (Å²) in [5.74, 6) is -0.292. The fourth-order valence-electron chi connectivity index (χ4n) is 3.03. The maximum Gasteiger partial charge on any atom is 0.321 e. The molecule has 1 atom stereocenters. The van der Waals surface area contributed by atoms with Gasteiger partial charge >= 0.3 is 6.03 Å². The van der Waals surface area contributed by atoms with Gasteiger partial charge in [-0.3, -0.25) is 15.0 Å². The molecule has 5 heteroatoms. The van der Waals surface area contributed by atoms with Crippen molar-refractivity contribution in [2.45, 2.75) is 45.1 Å². The summed E-state index contributed by atoms with van der Waals surface area (Å²) in [4.78, 5) is 25.8. The highest BCUT2D eigenvalue weighted by Gasteiger charge is 2.16. The molecule has 0 spiro atoms. The molecule has 0 saturated heterocycles. The highest BCUT2D eigenvalue weighted by molar-refractivity contribution is 5.95. The van der Waals surface area contributed by atoms with Crippen molar-refractivity contribution in [2.24, 2.45) is 0 Å². The third-order valence-electron chi connectivity index (χ3n) is 4.71. The minimum Gasteiger partial charge on any atom is -0.337 e. The molecule has 1 aliphatic carbocycles. The van der Waals surface area contributed by atoms with Crippen LogP contribution in [0.4, 0.5) is 4.79 Å². The highest BCUT2D eigenvalue weighted by atomic mass is 16.2. The number of allylic oxidation sites excluding steroid dienone is 1. The largest absolute Gasteiger partial charge is 0.337 e. The van der Waals surface area contributed by atoms with Gasteiger partial charge in [0.2, 0.25) is 5.91 Å². The standard InChI is InChI=1S/C20H29N3O2/c1-16(18-11-7-4-8-12-18)23(2)15-19(24)22-20(25)21-14-13-17-9-5-3-6-10-17/h4,7-9,11-12,16H,3,5-6,10,13-15H2,1-2H3,(H2,21,22,24,25)/t16-/m1/s1. The van der Waals surface area contributed by atoms with Crippen LogP contribution in [0, 0.1) is 0 Å². The summed E-state index contributed by atoms with van der Waals surface area (Å²) in [6, 6.07) is 9.69. The van der Waals surface area contributed by atoms with Crippen molar-refractivity contribution in [2.75, 3.05) is 20.1 Å². The second-order valence-corrected chi connectivity index (χ2v) is 6.66. The van der Waals surface area contributed by atoms with E-state index in [1.807, 2.05) is 49.2 Å². The number of amides is 3. The van der Waals surface area contributed by atoms with Gasteiger partial charge in [0.1, 0.15) is 0 Å². The van der Waals surface area contributed by atoms with E-state index in [9.17, 15) is 9.59 Å². The van der Waals surface area contributed by atoms with E-state index in [0.29, 0.717) is 6.54 Å². The van der Waals surface area contributed by atoms with Crippen molar-refractivity contribution < 1.29 is 9.59 Å². The van der Waals surface area contributed by atoms with Crippen LogP contribution in [-0.4, -0.2) is 37.0 Å². The molecule has 0 heterocycles. The third kappa shape index (κ3) is 6.70. The molecule has 3 amide bonds. The Balaban J connectivity index is 1.68. The number of hydrogen-bond acceptors (Lipinski definition) is 3. The molecular formula is C20H29N3O2. The first-order valence-electron chi connectivity index (χ1n) is 9.07. The molecule has 136 valence electrons. The Morgan fingerprint density at radius 3 is 2.64 bits per heavy atom. The van der Waals surface area contributed by atoms with Gasteiger partial charge in [0, 0.05) is 12.6 Å². The summed E-state index contributed by atoms with van der Waals surface area (Å²) < 4.78 is 0. The van der Waals surface area contributed by atoms with Crippen LogP contribution >= 0.6 is 0 Å². The van der Waals surface area contributed by atoms with Crippen molar-refractivity contribution in [3.63, 3.8) is 0 Å².